The number of fused-ring (bicyclic) bond motifs is 1. The minimum atomic E-state index is 0.841. The molecule has 5 nitrogen and oxygen atoms in total. The monoisotopic (exact) mass is 267 g/mol. The van der Waals surface area contributed by atoms with Crippen molar-refractivity contribution in [2.24, 2.45) is 7.05 Å². The van der Waals surface area contributed by atoms with Crippen LogP contribution in [0.15, 0.2) is 36.5 Å². The first kappa shape index (κ1) is 12.6. The summed E-state index contributed by atoms with van der Waals surface area (Å²) in [4.78, 5) is 0. The summed E-state index contributed by atoms with van der Waals surface area (Å²) >= 11 is 0. The van der Waals surface area contributed by atoms with E-state index in [2.05, 4.69) is 39.7 Å². The lowest BCUT2D eigenvalue weighted by atomic mass is 10.1. The molecule has 2 aromatic heterocycles. The summed E-state index contributed by atoms with van der Waals surface area (Å²) in [6, 6.07) is 10.1. The van der Waals surface area contributed by atoms with Gasteiger partial charge in [-0.15, -0.1) is 10.2 Å². The third-order valence-corrected chi connectivity index (χ3v) is 3.29. The number of hydrogen-bond donors (Lipinski definition) is 1. The number of rotatable bonds is 4. The van der Waals surface area contributed by atoms with E-state index in [0.717, 1.165) is 40.9 Å². The van der Waals surface area contributed by atoms with Gasteiger partial charge in [0.05, 0.1) is 5.69 Å². The summed E-state index contributed by atoms with van der Waals surface area (Å²) in [6.07, 6.45) is 2.83. The zero-order valence-corrected chi connectivity index (χ0v) is 11.7. The van der Waals surface area contributed by atoms with Gasteiger partial charge in [0, 0.05) is 30.6 Å². The van der Waals surface area contributed by atoms with Crippen molar-refractivity contribution in [3.63, 3.8) is 0 Å². The molecule has 3 aromatic rings. The highest BCUT2D eigenvalue weighted by atomic mass is 15.3. The van der Waals surface area contributed by atoms with Gasteiger partial charge in [0.1, 0.15) is 5.69 Å². The Morgan fingerprint density at radius 2 is 1.90 bits per heavy atom. The second-order valence-corrected chi connectivity index (χ2v) is 4.71. The fraction of sp³-hybridized carbons (Fsp3) is 0.267. The van der Waals surface area contributed by atoms with Gasteiger partial charge in [-0.25, -0.2) is 0 Å². The smallest absolute Gasteiger partial charge is 0.156 e. The first-order valence-electron chi connectivity index (χ1n) is 6.79. The van der Waals surface area contributed by atoms with Crippen LogP contribution in [-0.2, 0) is 7.05 Å². The number of aryl methyl sites for hydroxylation is 1. The molecule has 1 N–H and O–H groups in total. The molecule has 0 amide bonds. The van der Waals surface area contributed by atoms with E-state index < -0.39 is 0 Å². The molecule has 1 aromatic carbocycles. The molecule has 0 unspecified atom stereocenters. The Hall–Kier alpha value is -2.43. The zero-order valence-electron chi connectivity index (χ0n) is 11.7. The Balaban J connectivity index is 2.19. The van der Waals surface area contributed by atoms with Crippen LogP contribution in [0.2, 0.25) is 0 Å². The Bertz CT molecular complexity index is 732. The molecule has 0 atom stereocenters. The lowest BCUT2D eigenvalue weighted by molar-refractivity contribution is 0.772. The molecule has 102 valence electrons. The van der Waals surface area contributed by atoms with E-state index in [4.69, 9.17) is 0 Å². The summed E-state index contributed by atoms with van der Waals surface area (Å²) in [7, 11) is 1.91. The van der Waals surface area contributed by atoms with Crippen LogP contribution < -0.4 is 5.32 Å². The lowest BCUT2D eigenvalue weighted by Gasteiger charge is -2.10. The van der Waals surface area contributed by atoms with Crippen LogP contribution in [0.25, 0.3) is 22.2 Å². The maximum Gasteiger partial charge on any atom is 0.156 e. The normalized spacial score (nSPS) is 10.9. The molecule has 0 fully saturated rings. The maximum absolute atomic E-state index is 4.39. The second kappa shape index (κ2) is 5.28. The van der Waals surface area contributed by atoms with Crippen LogP contribution in [0.3, 0.4) is 0 Å². The van der Waals surface area contributed by atoms with Crippen molar-refractivity contribution < 1.29 is 0 Å². The second-order valence-electron chi connectivity index (χ2n) is 4.71. The van der Waals surface area contributed by atoms with Crippen molar-refractivity contribution in [3.8, 4) is 11.4 Å². The van der Waals surface area contributed by atoms with Crippen molar-refractivity contribution in [1.29, 1.82) is 0 Å². The van der Waals surface area contributed by atoms with Crippen LogP contribution >= 0.6 is 0 Å². The molecule has 20 heavy (non-hydrogen) atoms. The van der Waals surface area contributed by atoms with Gasteiger partial charge >= 0.3 is 0 Å². The van der Waals surface area contributed by atoms with Gasteiger partial charge in [-0.2, -0.15) is 5.10 Å². The van der Waals surface area contributed by atoms with Gasteiger partial charge in [0.2, 0.25) is 0 Å². The highest BCUT2D eigenvalue weighted by Gasteiger charge is 2.12. The van der Waals surface area contributed by atoms with Gasteiger partial charge in [-0.3, -0.25) is 4.68 Å². The molecular formula is C15H17N5. The number of anilines is 1. The van der Waals surface area contributed by atoms with E-state index >= 15 is 0 Å². The molecule has 0 aliphatic rings. The standard InChI is InChI=1S/C15H17N5/c1-3-9-16-15-12-7-5-4-6-11(12)14(18-19-15)13-8-10-17-20(13)2/h4-8,10H,3,9H2,1-2H3,(H,16,19). The van der Waals surface area contributed by atoms with E-state index in [1.54, 1.807) is 6.20 Å². The van der Waals surface area contributed by atoms with Crippen LogP contribution in [0.1, 0.15) is 13.3 Å². The molecule has 0 saturated carbocycles. The molecule has 0 radical (unpaired) electrons. The highest BCUT2D eigenvalue weighted by molar-refractivity contribution is 5.99. The van der Waals surface area contributed by atoms with E-state index in [1.165, 1.54) is 0 Å². The van der Waals surface area contributed by atoms with Crippen molar-refractivity contribution in [2.75, 3.05) is 11.9 Å². The van der Waals surface area contributed by atoms with Gasteiger partial charge in [0.15, 0.2) is 5.82 Å². The summed E-state index contributed by atoms with van der Waals surface area (Å²) in [5.74, 6) is 0.841. The summed E-state index contributed by atoms with van der Waals surface area (Å²) < 4.78 is 1.82. The predicted octanol–water partition coefficient (Wildman–Crippen LogP) is 2.85. The predicted molar refractivity (Wildman–Crippen MR) is 80.5 cm³/mol. The van der Waals surface area contributed by atoms with E-state index in [9.17, 15) is 0 Å². The van der Waals surface area contributed by atoms with Crippen molar-refractivity contribution in [2.45, 2.75) is 13.3 Å². The number of aromatic nitrogens is 4. The number of hydrogen-bond acceptors (Lipinski definition) is 4. The molecule has 0 aliphatic heterocycles. The highest BCUT2D eigenvalue weighted by Crippen LogP contribution is 2.29. The SMILES string of the molecule is CCCNc1nnc(-c2ccnn2C)c2ccccc12. The summed E-state index contributed by atoms with van der Waals surface area (Å²) in [5.41, 5.74) is 1.83. The van der Waals surface area contributed by atoms with Crippen LogP contribution in [-0.4, -0.2) is 26.5 Å². The molecular weight excluding hydrogens is 250 g/mol. The third-order valence-electron chi connectivity index (χ3n) is 3.29. The van der Waals surface area contributed by atoms with Crippen molar-refractivity contribution >= 4 is 16.6 Å². The Kier molecular flexibility index (Phi) is 3.33. The quantitative estimate of drug-likeness (QED) is 0.789. The van der Waals surface area contributed by atoms with Crippen molar-refractivity contribution in [3.05, 3.63) is 36.5 Å². The maximum atomic E-state index is 4.39. The number of nitrogens with zero attached hydrogens (tertiary/aromatic N) is 4. The summed E-state index contributed by atoms with van der Waals surface area (Å²) in [6.45, 7) is 3.02. The third kappa shape index (κ3) is 2.11. The Morgan fingerprint density at radius 3 is 2.60 bits per heavy atom. The largest absolute Gasteiger partial charge is 0.368 e. The van der Waals surface area contributed by atoms with E-state index in [-0.39, 0.29) is 0 Å². The molecule has 0 bridgehead atoms. The average Bonchev–Trinajstić information content (AvgIpc) is 2.91. The molecule has 5 heteroatoms. The molecule has 3 rings (SSSR count). The minimum absolute atomic E-state index is 0.841. The number of benzene rings is 1. The first-order valence-corrected chi connectivity index (χ1v) is 6.79. The van der Waals surface area contributed by atoms with E-state index in [0.29, 0.717) is 0 Å². The molecule has 2 heterocycles. The zero-order chi connectivity index (χ0) is 13.9. The Morgan fingerprint density at radius 1 is 1.10 bits per heavy atom. The lowest BCUT2D eigenvalue weighted by Crippen LogP contribution is -2.05. The fourth-order valence-corrected chi connectivity index (χ4v) is 2.27. The Labute approximate surface area is 117 Å². The molecule has 0 saturated heterocycles. The summed E-state index contributed by atoms with van der Waals surface area (Å²) in [5, 5.41) is 18.4. The first-order chi connectivity index (χ1) is 9.81. The van der Waals surface area contributed by atoms with E-state index in [1.807, 2.05) is 29.9 Å². The van der Waals surface area contributed by atoms with Gasteiger partial charge in [-0.1, -0.05) is 31.2 Å². The average molecular weight is 267 g/mol. The molecule has 0 spiro atoms. The van der Waals surface area contributed by atoms with Gasteiger partial charge in [0.25, 0.3) is 0 Å². The van der Waals surface area contributed by atoms with Crippen LogP contribution in [0.4, 0.5) is 5.82 Å². The van der Waals surface area contributed by atoms with Crippen LogP contribution in [0, 0.1) is 0 Å². The van der Waals surface area contributed by atoms with Gasteiger partial charge in [-0.05, 0) is 12.5 Å². The van der Waals surface area contributed by atoms with Crippen LogP contribution in [0.5, 0.6) is 0 Å². The van der Waals surface area contributed by atoms with Crippen molar-refractivity contribution in [1.82, 2.24) is 20.0 Å². The number of nitrogens with one attached hydrogen (secondary N) is 1. The fourth-order valence-electron chi connectivity index (χ4n) is 2.27. The topological polar surface area (TPSA) is 55.6 Å². The molecule has 0 aliphatic carbocycles. The minimum Gasteiger partial charge on any atom is -0.368 e. The van der Waals surface area contributed by atoms with Gasteiger partial charge < -0.3 is 5.32 Å².